The predicted octanol–water partition coefficient (Wildman–Crippen LogP) is 2.43. The van der Waals surface area contributed by atoms with E-state index in [1.54, 1.807) is 0 Å². The van der Waals surface area contributed by atoms with E-state index < -0.39 is 24.0 Å². The van der Waals surface area contributed by atoms with Gasteiger partial charge in [0.1, 0.15) is 11.6 Å². The van der Waals surface area contributed by atoms with Crippen molar-refractivity contribution in [3.63, 3.8) is 0 Å². The molecular weight excluding hydrogens is 213 g/mol. The van der Waals surface area contributed by atoms with Crippen molar-refractivity contribution in [1.29, 1.82) is 0 Å². The van der Waals surface area contributed by atoms with Crippen LogP contribution in [0.1, 0.15) is 15.9 Å². The maximum absolute atomic E-state index is 13.0. The van der Waals surface area contributed by atoms with Crippen LogP contribution < -0.4 is 4.74 Å². The fourth-order valence-corrected chi connectivity index (χ4v) is 1.05. The Bertz CT molecular complexity index is 390. The average molecular weight is 220 g/mol. The highest BCUT2D eigenvalue weighted by Gasteiger charge is 2.15. The summed E-state index contributed by atoms with van der Waals surface area (Å²) in [5.41, 5.74) is -0.441. The number of aryl methyl sites for hydroxylation is 1. The zero-order valence-corrected chi connectivity index (χ0v) is 7.63. The molecule has 0 saturated carbocycles. The molecule has 0 bridgehead atoms. The summed E-state index contributed by atoms with van der Waals surface area (Å²) in [5.74, 6) is -2.93. The van der Waals surface area contributed by atoms with Crippen molar-refractivity contribution in [2.45, 2.75) is 13.5 Å². The Morgan fingerprint density at radius 3 is 2.53 bits per heavy atom. The van der Waals surface area contributed by atoms with E-state index in [9.17, 15) is 18.0 Å². The molecule has 82 valence electrons. The molecule has 0 saturated heterocycles. The first kappa shape index (κ1) is 11.4. The van der Waals surface area contributed by atoms with Crippen LogP contribution in [0.25, 0.3) is 0 Å². The van der Waals surface area contributed by atoms with Crippen LogP contribution >= 0.6 is 0 Å². The van der Waals surface area contributed by atoms with E-state index in [0.717, 1.165) is 6.07 Å². The molecule has 1 aromatic rings. The van der Waals surface area contributed by atoms with Gasteiger partial charge in [-0.15, -0.1) is 0 Å². The maximum atomic E-state index is 13.0. The molecule has 0 fully saturated rings. The summed E-state index contributed by atoms with van der Waals surface area (Å²) in [6.07, 6.45) is 0. The van der Waals surface area contributed by atoms with Crippen molar-refractivity contribution >= 4 is 5.97 Å². The third-order valence-electron chi connectivity index (χ3n) is 1.71. The second-order valence-corrected chi connectivity index (χ2v) is 2.78. The molecule has 15 heavy (non-hydrogen) atoms. The lowest BCUT2D eigenvalue weighted by Gasteiger charge is -2.08. The molecule has 0 amide bonds. The number of hydrogen-bond acceptors (Lipinski definition) is 2. The summed E-state index contributed by atoms with van der Waals surface area (Å²) in [4.78, 5) is 10.5. The Labute approximate surface area is 83.1 Å². The summed E-state index contributed by atoms with van der Waals surface area (Å²) in [6, 6.07) is 1.57. The minimum atomic E-state index is -3.07. The van der Waals surface area contributed by atoms with Gasteiger partial charge in [0.05, 0.1) is 5.56 Å². The molecule has 6 heteroatoms. The third-order valence-corrected chi connectivity index (χ3v) is 1.71. The van der Waals surface area contributed by atoms with Gasteiger partial charge in [-0.1, -0.05) is 0 Å². The average Bonchev–Trinajstić information content (AvgIpc) is 2.09. The largest absolute Gasteiger partial charge is 0.478 e. The van der Waals surface area contributed by atoms with Gasteiger partial charge in [0.2, 0.25) is 0 Å². The molecule has 0 radical (unpaired) electrons. The molecule has 0 atom stereocenters. The van der Waals surface area contributed by atoms with Gasteiger partial charge >= 0.3 is 12.6 Å². The fourth-order valence-electron chi connectivity index (χ4n) is 1.05. The molecule has 0 aliphatic rings. The zero-order valence-electron chi connectivity index (χ0n) is 7.63. The lowest BCUT2D eigenvalue weighted by atomic mass is 10.1. The van der Waals surface area contributed by atoms with Crippen molar-refractivity contribution in [3.8, 4) is 5.75 Å². The smallest absolute Gasteiger partial charge is 0.387 e. The maximum Gasteiger partial charge on any atom is 0.387 e. The number of carboxylic acid groups (broad SMARTS) is 1. The Balaban J connectivity index is 3.13. The Morgan fingerprint density at radius 2 is 2.07 bits per heavy atom. The number of halogens is 3. The number of alkyl halides is 2. The highest BCUT2D eigenvalue weighted by molar-refractivity contribution is 5.88. The summed E-state index contributed by atoms with van der Waals surface area (Å²) in [6.45, 7) is -1.72. The Kier molecular flexibility index (Phi) is 3.18. The lowest BCUT2D eigenvalue weighted by molar-refractivity contribution is -0.0504. The van der Waals surface area contributed by atoms with Crippen LogP contribution in [0.15, 0.2) is 12.1 Å². The van der Waals surface area contributed by atoms with Crippen molar-refractivity contribution in [2.75, 3.05) is 0 Å². The number of aromatic carboxylic acids is 1. The summed E-state index contributed by atoms with van der Waals surface area (Å²) >= 11 is 0. The first-order valence-corrected chi connectivity index (χ1v) is 3.90. The monoisotopic (exact) mass is 220 g/mol. The lowest BCUT2D eigenvalue weighted by Crippen LogP contribution is -2.06. The number of carboxylic acids is 1. The SMILES string of the molecule is Cc1cc(C(=O)O)c(F)cc1OC(F)F. The number of rotatable bonds is 3. The molecule has 0 aliphatic heterocycles. The van der Waals surface area contributed by atoms with Gasteiger partial charge in [0.25, 0.3) is 0 Å². The second-order valence-electron chi connectivity index (χ2n) is 2.78. The van der Waals surface area contributed by atoms with Gasteiger partial charge in [-0.3, -0.25) is 0 Å². The first-order valence-electron chi connectivity index (χ1n) is 3.90. The number of benzene rings is 1. The van der Waals surface area contributed by atoms with Gasteiger partial charge in [0, 0.05) is 6.07 Å². The molecule has 0 unspecified atom stereocenters. The van der Waals surface area contributed by atoms with Crippen LogP contribution in [0.2, 0.25) is 0 Å². The molecule has 1 N–H and O–H groups in total. The highest BCUT2D eigenvalue weighted by atomic mass is 19.3. The van der Waals surface area contributed by atoms with Crippen LogP contribution in [0.3, 0.4) is 0 Å². The van der Waals surface area contributed by atoms with Crippen molar-refractivity contribution in [3.05, 3.63) is 29.1 Å². The summed E-state index contributed by atoms with van der Waals surface area (Å²) in [5, 5.41) is 8.53. The van der Waals surface area contributed by atoms with Gasteiger partial charge < -0.3 is 9.84 Å². The van der Waals surface area contributed by atoms with Crippen LogP contribution in [-0.2, 0) is 0 Å². The molecule has 1 aromatic carbocycles. The Morgan fingerprint density at radius 1 is 1.47 bits per heavy atom. The van der Waals surface area contributed by atoms with Crippen molar-refractivity contribution in [2.24, 2.45) is 0 Å². The van der Waals surface area contributed by atoms with Crippen LogP contribution in [0.4, 0.5) is 13.2 Å². The molecule has 3 nitrogen and oxygen atoms in total. The van der Waals surface area contributed by atoms with Gasteiger partial charge in [-0.2, -0.15) is 8.78 Å². The van der Waals surface area contributed by atoms with Crippen LogP contribution in [0, 0.1) is 12.7 Å². The highest BCUT2D eigenvalue weighted by Crippen LogP contribution is 2.23. The van der Waals surface area contributed by atoms with Crippen LogP contribution in [0.5, 0.6) is 5.75 Å². The van der Waals surface area contributed by atoms with E-state index >= 15 is 0 Å². The third kappa shape index (κ3) is 2.61. The van der Waals surface area contributed by atoms with Crippen molar-refractivity contribution < 1.29 is 27.8 Å². The molecule has 0 spiro atoms. The molecule has 1 rings (SSSR count). The van der Waals surface area contributed by atoms with E-state index in [-0.39, 0.29) is 11.3 Å². The molecule has 0 heterocycles. The summed E-state index contributed by atoms with van der Waals surface area (Å²) in [7, 11) is 0. The number of hydrogen-bond donors (Lipinski definition) is 1. The van der Waals surface area contributed by atoms with Crippen LogP contribution in [-0.4, -0.2) is 17.7 Å². The van der Waals surface area contributed by atoms with E-state index in [2.05, 4.69) is 4.74 Å². The zero-order chi connectivity index (χ0) is 11.6. The quantitative estimate of drug-likeness (QED) is 0.850. The van der Waals surface area contributed by atoms with E-state index in [1.165, 1.54) is 6.92 Å². The molecule has 0 aliphatic carbocycles. The summed E-state index contributed by atoms with van der Waals surface area (Å²) < 4.78 is 40.7. The topological polar surface area (TPSA) is 46.5 Å². The number of ether oxygens (including phenoxy) is 1. The van der Waals surface area contributed by atoms with Gasteiger partial charge in [-0.25, -0.2) is 9.18 Å². The number of carbonyl (C=O) groups is 1. The van der Waals surface area contributed by atoms with E-state index in [0.29, 0.717) is 6.07 Å². The molecular formula is C9H7F3O3. The minimum Gasteiger partial charge on any atom is -0.478 e. The van der Waals surface area contributed by atoms with E-state index in [4.69, 9.17) is 5.11 Å². The minimum absolute atomic E-state index is 0.133. The second kappa shape index (κ2) is 4.20. The molecule has 0 aromatic heterocycles. The fraction of sp³-hybridized carbons (Fsp3) is 0.222. The standard InChI is InChI=1S/C9H7F3O3/c1-4-2-5(8(13)14)6(10)3-7(4)15-9(11)12/h2-3,9H,1H3,(H,13,14). The normalized spacial score (nSPS) is 10.5. The van der Waals surface area contributed by atoms with Gasteiger partial charge in [0.15, 0.2) is 0 Å². The predicted molar refractivity (Wildman–Crippen MR) is 44.7 cm³/mol. The van der Waals surface area contributed by atoms with E-state index in [1.807, 2.05) is 0 Å². The van der Waals surface area contributed by atoms with Crippen molar-refractivity contribution in [1.82, 2.24) is 0 Å². The first-order chi connectivity index (χ1) is 6.91. The van der Waals surface area contributed by atoms with Gasteiger partial charge in [-0.05, 0) is 18.6 Å². The Hall–Kier alpha value is -1.72.